The Kier molecular flexibility index (Phi) is 3.49. The molecule has 0 radical (unpaired) electrons. The van der Waals surface area contributed by atoms with Crippen LogP contribution in [0.15, 0.2) is 30.5 Å². The topological polar surface area (TPSA) is 76.2 Å². The predicted octanol–water partition coefficient (Wildman–Crippen LogP) is 2.29. The number of carbonyl (C=O) groups is 1. The number of nitrogens with one attached hydrogen (secondary N) is 1. The third kappa shape index (κ3) is 2.81. The summed E-state index contributed by atoms with van der Waals surface area (Å²) in [5, 5.41) is 0.557. The molecular weight excluding hydrogens is 290 g/mol. The van der Waals surface area contributed by atoms with Crippen molar-refractivity contribution in [1.82, 2.24) is 4.98 Å². The Hall–Kier alpha value is -1.82. The molecule has 5 nitrogen and oxygen atoms in total. The molecule has 112 valence electrons. The van der Waals surface area contributed by atoms with Gasteiger partial charge in [0.05, 0.1) is 16.3 Å². The van der Waals surface area contributed by atoms with Crippen molar-refractivity contribution in [1.29, 1.82) is 0 Å². The fraction of sp³-hybridized carbons (Fsp3) is 0.400. The lowest BCUT2D eigenvalue weighted by molar-refractivity contribution is 0.0320. The van der Waals surface area contributed by atoms with E-state index in [-0.39, 0.29) is 6.10 Å². The summed E-state index contributed by atoms with van der Waals surface area (Å²) < 4.78 is 28.5. The van der Waals surface area contributed by atoms with E-state index in [0.29, 0.717) is 24.8 Å². The van der Waals surface area contributed by atoms with Crippen LogP contribution in [-0.2, 0) is 14.6 Å². The zero-order chi connectivity index (χ0) is 15.0. The van der Waals surface area contributed by atoms with E-state index in [2.05, 4.69) is 4.98 Å². The van der Waals surface area contributed by atoms with Crippen molar-refractivity contribution in [3.05, 3.63) is 36.0 Å². The lowest BCUT2D eigenvalue weighted by Crippen LogP contribution is -2.20. The number of rotatable bonds is 3. The highest BCUT2D eigenvalue weighted by molar-refractivity contribution is 7.91. The number of sulfone groups is 1. The average molecular weight is 307 g/mol. The Morgan fingerprint density at radius 2 is 2.10 bits per heavy atom. The highest BCUT2D eigenvalue weighted by atomic mass is 32.2. The highest BCUT2D eigenvalue weighted by Gasteiger charge is 2.34. The summed E-state index contributed by atoms with van der Waals surface area (Å²) in [5.41, 5.74) is 1.24. The zero-order valence-corrected chi connectivity index (χ0v) is 12.5. The molecule has 0 saturated heterocycles. The first-order valence-electron chi connectivity index (χ1n) is 6.91. The van der Waals surface area contributed by atoms with Gasteiger partial charge in [0.2, 0.25) is 0 Å². The second-order valence-electron chi connectivity index (χ2n) is 5.54. The predicted molar refractivity (Wildman–Crippen MR) is 80.0 cm³/mol. The van der Waals surface area contributed by atoms with Crippen molar-refractivity contribution in [2.75, 3.05) is 6.26 Å². The lowest BCUT2D eigenvalue weighted by Gasteiger charge is -2.12. The van der Waals surface area contributed by atoms with Gasteiger partial charge in [-0.05, 0) is 25.0 Å². The second-order valence-corrected chi connectivity index (χ2v) is 7.87. The van der Waals surface area contributed by atoms with Crippen LogP contribution in [0.4, 0.5) is 0 Å². The van der Waals surface area contributed by atoms with Gasteiger partial charge in [-0.25, -0.2) is 13.2 Å². The maximum absolute atomic E-state index is 12.3. The van der Waals surface area contributed by atoms with Gasteiger partial charge < -0.3 is 9.72 Å². The molecule has 2 atom stereocenters. The summed E-state index contributed by atoms with van der Waals surface area (Å²) in [6, 6.07) is 7.32. The molecule has 1 aliphatic carbocycles. The van der Waals surface area contributed by atoms with Gasteiger partial charge in [-0.3, -0.25) is 0 Å². The lowest BCUT2D eigenvalue weighted by atomic mass is 10.1. The Labute approximate surface area is 123 Å². The monoisotopic (exact) mass is 307 g/mol. The maximum atomic E-state index is 12.3. The molecule has 1 fully saturated rings. The van der Waals surface area contributed by atoms with Crippen LogP contribution in [0, 0.1) is 0 Å². The molecule has 0 amide bonds. The van der Waals surface area contributed by atoms with Crippen LogP contribution in [0.5, 0.6) is 0 Å². The van der Waals surface area contributed by atoms with Crippen molar-refractivity contribution >= 4 is 26.7 Å². The molecule has 1 heterocycles. The molecule has 0 aliphatic heterocycles. The van der Waals surface area contributed by atoms with Gasteiger partial charge in [-0.1, -0.05) is 12.1 Å². The molecule has 1 aromatic heterocycles. The van der Waals surface area contributed by atoms with Gasteiger partial charge in [0.15, 0.2) is 0 Å². The maximum Gasteiger partial charge on any atom is 0.340 e. The number of para-hydroxylation sites is 1. The molecule has 0 unspecified atom stereocenters. The first-order valence-corrected chi connectivity index (χ1v) is 8.86. The van der Waals surface area contributed by atoms with Gasteiger partial charge in [0.1, 0.15) is 15.9 Å². The minimum Gasteiger partial charge on any atom is -0.459 e. The Morgan fingerprint density at radius 1 is 1.29 bits per heavy atom. The second kappa shape index (κ2) is 5.18. The summed E-state index contributed by atoms with van der Waals surface area (Å²) in [6.07, 6.45) is 4.25. The number of ether oxygens (including phenoxy) is 1. The van der Waals surface area contributed by atoms with Gasteiger partial charge in [0, 0.05) is 24.3 Å². The fourth-order valence-electron chi connectivity index (χ4n) is 2.87. The first kappa shape index (κ1) is 14.1. The van der Waals surface area contributed by atoms with Crippen LogP contribution in [-0.4, -0.2) is 37.0 Å². The first-order chi connectivity index (χ1) is 9.95. The quantitative estimate of drug-likeness (QED) is 0.883. The molecule has 0 spiro atoms. The van der Waals surface area contributed by atoms with E-state index in [0.717, 1.165) is 10.9 Å². The highest BCUT2D eigenvalue weighted by Crippen LogP contribution is 2.28. The van der Waals surface area contributed by atoms with E-state index in [1.807, 2.05) is 12.1 Å². The molecule has 1 N–H and O–H groups in total. The van der Waals surface area contributed by atoms with E-state index in [9.17, 15) is 13.2 Å². The van der Waals surface area contributed by atoms with Gasteiger partial charge >= 0.3 is 5.97 Å². The van der Waals surface area contributed by atoms with Gasteiger partial charge in [-0.15, -0.1) is 0 Å². The van der Waals surface area contributed by atoms with E-state index < -0.39 is 21.1 Å². The molecule has 2 aromatic rings. The van der Waals surface area contributed by atoms with Crippen molar-refractivity contribution in [2.45, 2.75) is 30.6 Å². The molecule has 0 bridgehead atoms. The van der Waals surface area contributed by atoms with Crippen LogP contribution in [0.3, 0.4) is 0 Å². The Morgan fingerprint density at radius 3 is 2.81 bits per heavy atom. The van der Waals surface area contributed by atoms with Crippen molar-refractivity contribution in [3.63, 3.8) is 0 Å². The largest absolute Gasteiger partial charge is 0.459 e. The van der Waals surface area contributed by atoms with Crippen LogP contribution >= 0.6 is 0 Å². The molecular formula is C15H17NO4S. The third-order valence-corrected chi connectivity index (χ3v) is 5.66. The summed E-state index contributed by atoms with van der Waals surface area (Å²) in [6.45, 7) is 0. The van der Waals surface area contributed by atoms with Gasteiger partial charge in [-0.2, -0.15) is 0 Å². The number of hydrogen-bond donors (Lipinski definition) is 1. The smallest absolute Gasteiger partial charge is 0.340 e. The number of esters is 1. The third-order valence-electron chi connectivity index (χ3n) is 4.02. The fourth-order valence-corrected chi connectivity index (χ4v) is 3.99. The standard InChI is InChI=1S/C15H17NO4S/c1-21(18,19)12-6-5-11(9-12)20-15(17)13-4-2-3-10-7-8-16-14(10)13/h2-4,7-8,11-12,16H,5-6,9H2,1H3/t11-,12-/m1/s1. The number of hydrogen-bond acceptors (Lipinski definition) is 4. The number of benzene rings is 1. The SMILES string of the molecule is CS(=O)(=O)[C@@H]1CC[C@@H](OC(=O)c2cccc3cc[nH]c23)C1. The van der Waals surface area contributed by atoms with Gasteiger partial charge in [0.25, 0.3) is 0 Å². The molecule has 6 heteroatoms. The number of aromatic nitrogens is 1. The summed E-state index contributed by atoms with van der Waals surface area (Å²) >= 11 is 0. The Bertz CT molecular complexity index is 778. The minimum atomic E-state index is -3.06. The van der Waals surface area contributed by atoms with Crippen molar-refractivity contribution in [2.24, 2.45) is 0 Å². The van der Waals surface area contributed by atoms with Crippen LogP contribution in [0.1, 0.15) is 29.6 Å². The number of H-pyrrole nitrogens is 1. The molecule has 1 saturated carbocycles. The number of carbonyl (C=O) groups excluding carboxylic acids is 1. The number of aromatic amines is 1. The van der Waals surface area contributed by atoms with Crippen LogP contribution in [0.2, 0.25) is 0 Å². The minimum absolute atomic E-state index is 0.317. The van der Waals surface area contributed by atoms with Crippen LogP contribution in [0.25, 0.3) is 10.9 Å². The van der Waals surface area contributed by atoms with Crippen LogP contribution < -0.4 is 0 Å². The van der Waals surface area contributed by atoms with Crippen molar-refractivity contribution < 1.29 is 17.9 Å². The summed E-state index contributed by atoms with van der Waals surface area (Å²) in [7, 11) is -3.06. The van der Waals surface area contributed by atoms with E-state index in [1.54, 1.807) is 18.3 Å². The summed E-state index contributed by atoms with van der Waals surface area (Å²) in [5.74, 6) is -0.401. The Balaban J connectivity index is 1.74. The van der Waals surface area contributed by atoms with Crippen molar-refractivity contribution in [3.8, 4) is 0 Å². The summed E-state index contributed by atoms with van der Waals surface area (Å²) in [4.78, 5) is 15.3. The van der Waals surface area contributed by atoms with E-state index in [4.69, 9.17) is 4.74 Å². The zero-order valence-electron chi connectivity index (χ0n) is 11.7. The molecule has 1 aromatic carbocycles. The molecule has 3 rings (SSSR count). The number of fused-ring (bicyclic) bond motifs is 1. The molecule has 21 heavy (non-hydrogen) atoms. The average Bonchev–Trinajstić information content (AvgIpc) is 3.05. The molecule has 1 aliphatic rings. The van der Waals surface area contributed by atoms with E-state index >= 15 is 0 Å². The normalized spacial score (nSPS) is 22.5. The van der Waals surface area contributed by atoms with E-state index in [1.165, 1.54) is 6.26 Å².